The average molecular weight is 479 g/mol. The summed E-state index contributed by atoms with van der Waals surface area (Å²) in [5.74, 6) is 0. The van der Waals surface area contributed by atoms with Crippen LogP contribution in [0, 0.1) is 27.7 Å². The lowest BCUT2D eigenvalue weighted by Crippen LogP contribution is -2.01. The van der Waals surface area contributed by atoms with E-state index in [0.29, 0.717) is 0 Å². The third-order valence-corrected chi connectivity index (χ3v) is 5.87. The van der Waals surface area contributed by atoms with Gasteiger partial charge in [-0.15, -0.1) is 0 Å². The van der Waals surface area contributed by atoms with Crippen molar-refractivity contribution in [2.24, 2.45) is 9.98 Å². The lowest BCUT2D eigenvalue weighted by molar-refractivity contribution is 1.31. The van der Waals surface area contributed by atoms with Crippen LogP contribution in [0.3, 0.4) is 0 Å². The van der Waals surface area contributed by atoms with E-state index in [2.05, 4.69) is 125 Å². The normalized spacial score (nSPS) is 13.1. The van der Waals surface area contributed by atoms with Crippen molar-refractivity contribution in [3.05, 3.63) is 106 Å². The largest absolute Gasteiger partial charge is 0.359 e. The van der Waals surface area contributed by atoms with E-state index in [1.54, 1.807) is 0 Å². The molecule has 3 aromatic carbocycles. The first-order chi connectivity index (χ1) is 17.1. The van der Waals surface area contributed by atoms with Crippen LogP contribution in [0.2, 0.25) is 0 Å². The van der Waals surface area contributed by atoms with Gasteiger partial charge in [0.25, 0.3) is 0 Å². The zero-order valence-corrected chi connectivity index (χ0v) is 22.8. The molecule has 3 aromatic rings. The van der Waals surface area contributed by atoms with Crippen molar-refractivity contribution in [3.63, 3.8) is 0 Å². The molecule has 0 aliphatic heterocycles. The Morgan fingerprint density at radius 3 is 1.14 bits per heavy atom. The lowest BCUT2D eigenvalue weighted by Gasteiger charge is -2.11. The molecule has 0 atom stereocenters. The van der Waals surface area contributed by atoms with Crippen LogP contribution in [0.5, 0.6) is 0 Å². The molecule has 0 aromatic heterocycles. The number of nitrogens with one attached hydrogen (secondary N) is 2. The highest BCUT2D eigenvalue weighted by Crippen LogP contribution is 2.25. The Labute approximate surface area is 216 Å². The smallest absolute Gasteiger partial charge is 0.0691 e. The van der Waals surface area contributed by atoms with E-state index in [0.717, 1.165) is 45.6 Å². The van der Waals surface area contributed by atoms with Gasteiger partial charge < -0.3 is 10.6 Å². The van der Waals surface area contributed by atoms with Crippen LogP contribution in [0.15, 0.2) is 94.2 Å². The summed E-state index contributed by atoms with van der Waals surface area (Å²) in [4.78, 5) is 9.64. The molecule has 4 heteroatoms. The van der Waals surface area contributed by atoms with Gasteiger partial charge in [0.1, 0.15) is 0 Å². The molecule has 36 heavy (non-hydrogen) atoms. The number of anilines is 2. The molecule has 0 saturated carbocycles. The molecule has 0 amide bonds. The zero-order valence-electron chi connectivity index (χ0n) is 22.8. The summed E-state index contributed by atoms with van der Waals surface area (Å²) in [5.41, 5.74) is 12.9. The maximum absolute atomic E-state index is 4.82. The monoisotopic (exact) mass is 478 g/mol. The number of rotatable bonds is 8. The van der Waals surface area contributed by atoms with Crippen LogP contribution >= 0.6 is 0 Å². The van der Waals surface area contributed by atoms with Crippen molar-refractivity contribution in [2.75, 3.05) is 10.6 Å². The molecular formula is C32H38N4. The van der Waals surface area contributed by atoms with Gasteiger partial charge >= 0.3 is 0 Å². The Balaban J connectivity index is 1.64. The second kappa shape index (κ2) is 12.2. The molecule has 2 N–H and O–H groups in total. The van der Waals surface area contributed by atoms with Gasteiger partial charge in [-0.25, -0.2) is 0 Å². The van der Waals surface area contributed by atoms with Crippen molar-refractivity contribution in [3.8, 4) is 0 Å². The fourth-order valence-corrected chi connectivity index (χ4v) is 4.17. The summed E-state index contributed by atoms with van der Waals surface area (Å²) in [5, 5.41) is 6.91. The lowest BCUT2D eigenvalue weighted by atomic mass is 10.1. The second-order valence-electron chi connectivity index (χ2n) is 9.47. The molecule has 0 bridgehead atoms. The molecule has 0 aliphatic carbocycles. The quantitative estimate of drug-likeness (QED) is 0.317. The molecule has 0 radical (unpaired) electrons. The van der Waals surface area contributed by atoms with E-state index in [9.17, 15) is 0 Å². The Bertz CT molecular complexity index is 1190. The fourth-order valence-electron chi connectivity index (χ4n) is 4.17. The fraction of sp³-hybridized carbons (Fsp3) is 0.250. The van der Waals surface area contributed by atoms with Crippen molar-refractivity contribution in [1.29, 1.82) is 0 Å². The summed E-state index contributed by atoms with van der Waals surface area (Å²) >= 11 is 0. The number of allylic oxidation sites excluding steroid dienone is 4. The van der Waals surface area contributed by atoms with Crippen LogP contribution in [-0.2, 0) is 0 Å². The first kappa shape index (κ1) is 26.7. The summed E-state index contributed by atoms with van der Waals surface area (Å²) in [6, 6.07) is 20.8. The van der Waals surface area contributed by atoms with Gasteiger partial charge in [0.15, 0.2) is 0 Å². The number of nitrogens with zero attached hydrogens (tertiary/aromatic N) is 2. The minimum atomic E-state index is 0.967. The van der Waals surface area contributed by atoms with Gasteiger partial charge in [0.05, 0.1) is 11.4 Å². The van der Waals surface area contributed by atoms with Gasteiger partial charge in [-0.1, -0.05) is 36.4 Å². The van der Waals surface area contributed by atoms with Crippen LogP contribution in [0.4, 0.5) is 22.7 Å². The molecule has 4 nitrogen and oxygen atoms in total. The minimum Gasteiger partial charge on any atom is -0.359 e. The topological polar surface area (TPSA) is 48.8 Å². The predicted octanol–water partition coefficient (Wildman–Crippen LogP) is 9.14. The first-order valence-corrected chi connectivity index (χ1v) is 12.4. The third kappa shape index (κ3) is 7.54. The van der Waals surface area contributed by atoms with Crippen molar-refractivity contribution >= 4 is 34.2 Å². The molecular weight excluding hydrogens is 440 g/mol. The summed E-state index contributed by atoms with van der Waals surface area (Å²) in [6.07, 6.45) is 4.15. The van der Waals surface area contributed by atoms with Gasteiger partial charge in [0.2, 0.25) is 0 Å². The summed E-state index contributed by atoms with van der Waals surface area (Å²) < 4.78 is 0. The number of aliphatic imine (C=N–C) groups is 2. The van der Waals surface area contributed by atoms with Crippen LogP contribution in [0.25, 0.3) is 0 Å². The number of benzene rings is 3. The van der Waals surface area contributed by atoms with E-state index in [4.69, 9.17) is 9.98 Å². The number of hydrogen-bond acceptors (Lipinski definition) is 4. The highest BCUT2D eigenvalue weighted by molar-refractivity contribution is 5.96. The third-order valence-electron chi connectivity index (χ3n) is 5.87. The molecule has 0 unspecified atom stereocenters. The molecule has 0 aliphatic rings. The van der Waals surface area contributed by atoms with E-state index in [1.807, 2.05) is 13.8 Å². The predicted molar refractivity (Wildman–Crippen MR) is 159 cm³/mol. The maximum atomic E-state index is 4.82. The van der Waals surface area contributed by atoms with Crippen molar-refractivity contribution in [1.82, 2.24) is 0 Å². The first-order valence-electron chi connectivity index (χ1n) is 12.4. The van der Waals surface area contributed by atoms with Gasteiger partial charge in [0, 0.05) is 34.2 Å². The Morgan fingerprint density at radius 1 is 0.528 bits per heavy atom. The molecule has 0 fully saturated rings. The van der Waals surface area contributed by atoms with E-state index >= 15 is 0 Å². The molecule has 0 spiro atoms. The van der Waals surface area contributed by atoms with E-state index < -0.39 is 0 Å². The number of hydrogen-bond donors (Lipinski definition) is 2. The standard InChI is InChI=1S/C32H38N4/c1-21-11-9-12-22(2)31(21)35-27(7)19-25(5)33-29-15-17-30(18-16-29)34-26(6)20-28(8)36-32-23(3)13-10-14-24(32)4/h9-20,33-34H,1-8H3. The average Bonchev–Trinajstić information content (AvgIpc) is 2.80. The van der Waals surface area contributed by atoms with Gasteiger partial charge in [-0.2, -0.15) is 0 Å². The van der Waals surface area contributed by atoms with E-state index in [-0.39, 0.29) is 0 Å². The van der Waals surface area contributed by atoms with Crippen LogP contribution in [0.1, 0.15) is 49.9 Å². The summed E-state index contributed by atoms with van der Waals surface area (Å²) in [6.45, 7) is 16.6. The van der Waals surface area contributed by atoms with Crippen molar-refractivity contribution < 1.29 is 0 Å². The van der Waals surface area contributed by atoms with Crippen LogP contribution in [-0.4, -0.2) is 11.4 Å². The molecule has 0 saturated heterocycles. The van der Waals surface area contributed by atoms with E-state index in [1.165, 1.54) is 22.3 Å². The number of aryl methyl sites for hydroxylation is 4. The highest BCUT2D eigenvalue weighted by Gasteiger charge is 2.03. The van der Waals surface area contributed by atoms with Gasteiger partial charge in [-0.3, -0.25) is 9.98 Å². The Morgan fingerprint density at radius 2 is 0.833 bits per heavy atom. The SMILES string of the molecule is CC(=CC(C)=Nc1c(C)cccc1C)Nc1ccc(NC(C)=CC(C)=Nc2c(C)cccc2C)cc1. The Kier molecular flexibility index (Phi) is 9.02. The van der Waals surface area contributed by atoms with Crippen LogP contribution < -0.4 is 10.6 Å². The molecule has 0 heterocycles. The minimum absolute atomic E-state index is 0.967. The van der Waals surface area contributed by atoms with Crippen molar-refractivity contribution in [2.45, 2.75) is 55.4 Å². The van der Waals surface area contributed by atoms with Gasteiger partial charge in [-0.05, 0) is 114 Å². The highest BCUT2D eigenvalue weighted by atomic mass is 14.9. The molecule has 3 rings (SSSR count). The summed E-state index contributed by atoms with van der Waals surface area (Å²) in [7, 11) is 0. The maximum Gasteiger partial charge on any atom is 0.0691 e. The zero-order chi connectivity index (χ0) is 26.2. The second-order valence-corrected chi connectivity index (χ2v) is 9.47. The molecule has 186 valence electrons. The Hall–Kier alpha value is -3.92. The number of para-hydroxylation sites is 2.